The van der Waals surface area contributed by atoms with Crippen molar-refractivity contribution in [3.8, 4) is 11.5 Å². The van der Waals surface area contributed by atoms with Crippen molar-refractivity contribution in [3.05, 3.63) is 53.3 Å². The molecule has 2 aromatic rings. The summed E-state index contributed by atoms with van der Waals surface area (Å²) < 4.78 is 10.6. The maximum atomic E-state index is 10.5. The molecular weight excluding hydrogens is 242 g/mol. The average molecular weight is 259 g/mol. The largest absolute Gasteiger partial charge is 0.493 e. The normalized spacial score (nSPS) is 12.0. The Morgan fingerprint density at radius 3 is 2.58 bits per heavy atom. The first-order chi connectivity index (χ1) is 9.17. The number of rotatable bonds is 4. The first-order valence-electron chi connectivity index (χ1n) is 5.98. The van der Waals surface area contributed by atoms with E-state index in [1.54, 1.807) is 32.7 Å². The van der Waals surface area contributed by atoms with Crippen LogP contribution < -0.4 is 9.47 Å². The zero-order valence-electron chi connectivity index (χ0n) is 11.3. The van der Waals surface area contributed by atoms with Crippen LogP contribution in [-0.4, -0.2) is 24.3 Å². The molecule has 100 valence electrons. The highest BCUT2D eigenvalue weighted by molar-refractivity contribution is 5.49. The lowest BCUT2D eigenvalue weighted by Gasteiger charge is -2.17. The molecule has 0 aliphatic carbocycles. The Balaban J connectivity index is 2.46. The lowest BCUT2D eigenvalue weighted by Crippen LogP contribution is -2.04. The number of hydrogen-bond donors (Lipinski definition) is 1. The minimum absolute atomic E-state index is 0.541. The molecule has 1 N–H and O–H groups in total. The lowest BCUT2D eigenvalue weighted by molar-refractivity contribution is 0.212. The van der Waals surface area contributed by atoms with Gasteiger partial charge in [0.1, 0.15) is 6.10 Å². The van der Waals surface area contributed by atoms with E-state index in [1.165, 1.54) is 0 Å². The standard InChI is InChI=1S/C15H17NO3/c1-10-7-11(9-16-8-10)14(17)12-5-4-6-13(18-2)15(12)19-3/h4-9,14,17H,1-3H3. The van der Waals surface area contributed by atoms with E-state index in [9.17, 15) is 5.11 Å². The summed E-state index contributed by atoms with van der Waals surface area (Å²) in [5.74, 6) is 1.14. The van der Waals surface area contributed by atoms with E-state index in [2.05, 4.69) is 4.98 Å². The van der Waals surface area contributed by atoms with Crippen molar-refractivity contribution in [2.24, 2.45) is 0 Å². The van der Waals surface area contributed by atoms with E-state index in [4.69, 9.17) is 9.47 Å². The van der Waals surface area contributed by atoms with Gasteiger partial charge in [0.25, 0.3) is 0 Å². The number of nitrogens with zero attached hydrogens (tertiary/aromatic N) is 1. The molecule has 4 nitrogen and oxygen atoms in total. The fraction of sp³-hybridized carbons (Fsp3) is 0.267. The second-order valence-electron chi connectivity index (χ2n) is 4.28. The first-order valence-corrected chi connectivity index (χ1v) is 5.98. The number of aliphatic hydroxyl groups excluding tert-OH is 1. The Bertz CT molecular complexity index is 569. The van der Waals surface area contributed by atoms with Gasteiger partial charge in [-0.2, -0.15) is 0 Å². The molecule has 0 saturated heterocycles. The van der Waals surface area contributed by atoms with Crippen LogP contribution in [0.15, 0.2) is 36.7 Å². The Kier molecular flexibility index (Phi) is 4.02. The fourth-order valence-corrected chi connectivity index (χ4v) is 2.03. The van der Waals surface area contributed by atoms with Crippen LogP contribution in [0.5, 0.6) is 11.5 Å². The number of hydrogen-bond acceptors (Lipinski definition) is 4. The summed E-state index contributed by atoms with van der Waals surface area (Å²) in [4.78, 5) is 4.10. The Morgan fingerprint density at radius 1 is 1.16 bits per heavy atom. The quantitative estimate of drug-likeness (QED) is 0.916. The number of pyridine rings is 1. The fourth-order valence-electron chi connectivity index (χ4n) is 2.03. The van der Waals surface area contributed by atoms with Gasteiger partial charge in [-0.05, 0) is 18.6 Å². The van der Waals surface area contributed by atoms with Gasteiger partial charge in [-0.1, -0.05) is 18.2 Å². The molecule has 0 saturated carbocycles. The number of ether oxygens (including phenoxy) is 2. The molecule has 0 aliphatic heterocycles. The molecule has 19 heavy (non-hydrogen) atoms. The zero-order valence-corrected chi connectivity index (χ0v) is 11.3. The number of aromatic nitrogens is 1. The van der Waals surface area contributed by atoms with Crippen LogP contribution >= 0.6 is 0 Å². The maximum Gasteiger partial charge on any atom is 0.166 e. The van der Waals surface area contributed by atoms with E-state index in [-0.39, 0.29) is 0 Å². The number of methoxy groups -OCH3 is 2. The second kappa shape index (κ2) is 5.71. The van der Waals surface area contributed by atoms with Crippen molar-refractivity contribution in [1.29, 1.82) is 0 Å². The molecule has 0 fully saturated rings. The SMILES string of the molecule is COc1cccc(C(O)c2cncc(C)c2)c1OC. The van der Waals surface area contributed by atoms with Crippen molar-refractivity contribution in [2.75, 3.05) is 14.2 Å². The highest BCUT2D eigenvalue weighted by atomic mass is 16.5. The highest BCUT2D eigenvalue weighted by Gasteiger charge is 2.18. The van der Waals surface area contributed by atoms with E-state index < -0.39 is 6.10 Å². The van der Waals surface area contributed by atoms with Gasteiger partial charge in [-0.3, -0.25) is 4.98 Å². The monoisotopic (exact) mass is 259 g/mol. The number of benzene rings is 1. The Labute approximate surface area is 112 Å². The molecule has 0 amide bonds. The van der Waals surface area contributed by atoms with Crippen LogP contribution in [-0.2, 0) is 0 Å². The van der Waals surface area contributed by atoms with E-state index in [0.29, 0.717) is 17.1 Å². The summed E-state index contributed by atoms with van der Waals surface area (Å²) in [6.07, 6.45) is 2.60. The van der Waals surface area contributed by atoms with Gasteiger partial charge in [0.2, 0.25) is 0 Å². The molecule has 2 rings (SSSR count). The van der Waals surface area contributed by atoms with E-state index in [1.807, 2.05) is 25.1 Å². The van der Waals surface area contributed by atoms with Crippen molar-refractivity contribution in [2.45, 2.75) is 13.0 Å². The molecule has 1 heterocycles. The molecule has 0 radical (unpaired) electrons. The smallest absolute Gasteiger partial charge is 0.166 e. The summed E-state index contributed by atoms with van der Waals surface area (Å²) in [6.45, 7) is 1.94. The first kappa shape index (κ1) is 13.4. The molecule has 1 atom stereocenters. The van der Waals surface area contributed by atoms with Crippen molar-refractivity contribution in [3.63, 3.8) is 0 Å². The topological polar surface area (TPSA) is 51.6 Å². The number of para-hydroxylation sites is 1. The van der Waals surface area contributed by atoms with Gasteiger partial charge < -0.3 is 14.6 Å². The molecule has 0 bridgehead atoms. The molecule has 1 unspecified atom stereocenters. The zero-order chi connectivity index (χ0) is 13.8. The van der Waals surface area contributed by atoms with Gasteiger partial charge in [-0.25, -0.2) is 0 Å². The van der Waals surface area contributed by atoms with Crippen LogP contribution in [0.25, 0.3) is 0 Å². The molecular formula is C15H17NO3. The summed E-state index contributed by atoms with van der Waals surface area (Å²) in [5, 5.41) is 10.5. The molecule has 0 spiro atoms. The number of aryl methyl sites for hydroxylation is 1. The molecule has 4 heteroatoms. The third kappa shape index (κ3) is 2.69. The van der Waals surface area contributed by atoms with Gasteiger partial charge in [0, 0.05) is 23.5 Å². The second-order valence-corrected chi connectivity index (χ2v) is 4.28. The molecule has 1 aromatic heterocycles. The highest BCUT2D eigenvalue weighted by Crippen LogP contribution is 2.36. The van der Waals surface area contributed by atoms with E-state index >= 15 is 0 Å². The maximum absolute atomic E-state index is 10.5. The average Bonchev–Trinajstić information content (AvgIpc) is 2.45. The summed E-state index contributed by atoms with van der Waals surface area (Å²) in [6, 6.07) is 7.33. The van der Waals surface area contributed by atoms with Gasteiger partial charge in [-0.15, -0.1) is 0 Å². The van der Waals surface area contributed by atoms with Crippen LogP contribution in [0.3, 0.4) is 0 Å². The third-order valence-corrected chi connectivity index (χ3v) is 2.94. The van der Waals surface area contributed by atoms with Gasteiger partial charge in [0.15, 0.2) is 11.5 Å². The van der Waals surface area contributed by atoms with Crippen LogP contribution in [0, 0.1) is 6.92 Å². The van der Waals surface area contributed by atoms with Crippen molar-refractivity contribution >= 4 is 0 Å². The van der Waals surface area contributed by atoms with Crippen molar-refractivity contribution < 1.29 is 14.6 Å². The summed E-state index contributed by atoms with van der Waals surface area (Å²) in [5.41, 5.74) is 2.39. The van der Waals surface area contributed by atoms with E-state index in [0.717, 1.165) is 11.1 Å². The predicted molar refractivity (Wildman–Crippen MR) is 72.6 cm³/mol. The van der Waals surface area contributed by atoms with Crippen molar-refractivity contribution in [1.82, 2.24) is 4.98 Å². The molecule has 0 aliphatic rings. The summed E-state index contributed by atoms with van der Waals surface area (Å²) in [7, 11) is 3.13. The van der Waals surface area contributed by atoms with Gasteiger partial charge >= 0.3 is 0 Å². The Morgan fingerprint density at radius 2 is 1.95 bits per heavy atom. The van der Waals surface area contributed by atoms with Crippen LogP contribution in [0.1, 0.15) is 22.8 Å². The lowest BCUT2D eigenvalue weighted by atomic mass is 10.0. The minimum Gasteiger partial charge on any atom is -0.493 e. The summed E-state index contributed by atoms with van der Waals surface area (Å²) >= 11 is 0. The molecule has 1 aromatic carbocycles. The van der Waals surface area contributed by atoms with Crippen LogP contribution in [0.2, 0.25) is 0 Å². The minimum atomic E-state index is -0.794. The predicted octanol–water partition coefficient (Wildman–Crippen LogP) is 2.49. The van der Waals surface area contributed by atoms with Crippen LogP contribution in [0.4, 0.5) is 0 Å². The third-order valence-electron chi connectivity index (χ3n) is 2.94. The Hall–Kier alpha value is -2.07. The number of aliphatic hydroxyl groups is 1. The van der Waals surface area contributed by atoms with Gasteiger partial charge in [0.05, 0.1) is 14.2 Å².